The lowest BCUT2D eigenvalue weighted by Gasteiger charge is -2.28. The summed E-state index contributed by atoms with van der Waals surface area (Å²) in [5.41, 5.74) is 1.24. The fraction of sp³-hybridized carbons (Fsp3) is 0.400. The topological polar surface area (TPSA) is 16.1 Å². The Hall–Kier alpha value is -1.05. The summed E-state index contributed by atoms with van der Waals surface area (Å²) in [7, 11) is 0. The highest BCUT2D eigenvalue weighted by atomic mass is 15.1. The Morgan fingerprint density at radius 1 is 1.42 bits per heavy atom. The number of aromatic nitrogens is 1. The van der Waals surface area contributed by atoms with Crippen LogP contribution in [0.3, 0.4) is 0 Å². The third kappa shape index (κ3) is 1.58. The Bertz CT molecular complexity index is 227. The molecule has 0 aromatic carbocycles. The summed E-state index contributed by atoms with van der Waals surface area (Å²) >= 11 is 0. The van der Waals surface area contributed by atoms with Gasteiger partial charge in [0, 0.05) is 19.3 Å². The minimum Gasteiger partial charge on any atom is -0.370 e. The van der Waals surface area contributed by atoms with Gasteiger partial charge in [0.15, 0.2) is 0 Å². The molecule has 63 valence electrons. The van der Waals surface area contributed by atoms with E-state index in [0.717, 1.165) is 6.54 Å². The fourth-order valence-electron chi connectivity index (χ4n) is 1.54. The molecule has 0 N–H and O–H groups in total. The van der Waals surface area contributed by atoms with Gasteiger partial charge in [0.1, 0.15) is 0 Å². The summed E-state index contributed by atoms with van der Waals surface area (Å²) in [6, 6.07) is 4.11. The zero-order chi connectivity index (χ0) is 8.23. The maximum atomic E-state index is 4.10. The minimum absolute atomic E-state index is 1.08. The van der Waals surface area contributed by atoms with Gasteiger partial charge in [0.2, 0.25) is 0 Å². The number of piperidine rings is 1. The lowest BCUT2D eigenvalue weighted by atomic mass is 10.1. The zero-order valence-electron chi connectivity index (χ0n) is 7.11. The van der Waals surface area contributed by atoms with E-state index in [1.165, 1.54) is 25.1 Å². The van der Waals surface area contributed by atoms with Crippen molar-refractivity contribution in [3.8, 4) is 0 Å². The molecule has 1 saturated heterocycles. The van der Waals surface area contributed by atoms with Crippen LogP contribution in [0.1, 0.15) is 12.8 Å². The van der Waals surface area contributed by atoms with Crippen LogP contribution in [0.15, 0.2) is 24.5 Å². The third-order valence-electron chi connectivity index (χ3n) is 2.20. The maximum absolute atomic E-state index is 4.10. The summed E-state index contributed by atoms with van der Waals surface area (Å²) in [5, 5.41) is 0. The first kappa shape index (κ1) is 7.59. The Morgan fingerprint density at radius 3 is 3.08 bits per heavy atom. The molecule has 1 aromatic heterocycles. The van der Waals surface area contributed by atoms with Crippen molar-refractivity contribution < 1.29 is 0 Å². The van der Waals surface area contributed by atoms with Gasteiger partial charge in [-0.2, -0.15) is 0 Å². The molecule has 0 amide bonds. The van der Waals surface area contributed by atoms with Crippen LogP contribution in [0.4, 0.5) is 5.69 Å². The van der Waals surface area contributed by atoms with Crippen LogP contribution in [-0.2, 0) is 0 Å². The summed E-state index contributed by atoms with van der Waals surface area (Å²) in [6.07, 6.45) is 8.61. The van der Waals surface area contributed by atoms with Crippen molar-refractivity contribution in [3.05, 3.63) is 30.9 Å². The van der Waals surface area contributed by atoms with Crippen LogP contribution in [0.5, 0.6) is 0 Å². The van der Waals surface area contributed by atoms with Crippen molar-refractivity contribution in [2.45, 2.75) is 12.8 Å². The standard InChI is InChI=1S/C10H13N2/c1-2-7-12(8-3-1)10-5-4-6-11-9-10/h2,4-6,9H,1,3,7-8H2. The molecule has 1 radical (unpaired) electrons. The average Bonchev–Trinajstić information content (AvgIpc) is 2.21. The van der Waals surface area contributed by atoms with E-state index in [1.807, 2.05) is 18.5 Å². The monoisotopic (exact) mass is 161 g/mol. The van der Waals surface area contributed by atoms with Gasteiger partial charge < -0.3 is 4.90 Å². The Morgan fingerprint density at radius 2 is 2.42 bits per heavy atom. The summed E-state index contributed by atoms with van der Waals surface area (Å²) in [6.45, 7) is 2.24. The van der Waals surface area contributed by atoms with E-state index < -0.39 is 0 Å². The lowest BCUT2D eigenvalue weighted by molar-refractivity contribution is 0.670. The number of anilines is 1. The Balaban J connectivity index is 2.08. The number of hydrogen-bond acceptors (Lipinski definition) is 2. The van der Waals surface area contributed by atoms with Gasteiger partial charge in [0.25, 0.3) is 0 Å². The molecule has 2 heterocycles. The van der Waals surface area contributed by atoms with Crippen LogP contribution in [0.2, 0.25) is 0 Å². The lowest BCUT2D eigenvalue weighted by Crippen LogP contribution is -2.29. The largest absolute Gasteiger partial charge is 0.370 e. The molecule has 2 nitrogen and oxygen atoms in total. The van der Waals surface area contributed by atoms with E-state index in [2.05, 4.69) is 22.4 Å². The molecule has 1 aliphatic heterocycles. The Labute approximate surface area is 73.2 Å². The molecule has 0 spiro atoms. The number of nitrogens with zero attached hydrogens (tertiary/aromatic N) is 2. The average molecular weight is 161 g/mol. The van der Waals surface area contributed by atoms with E-state index in [-0.39, 0.29) is 0 Å². The predicted molar refractivity (Wildman–Crippen MR) is 50.0 cm³/mol. The summed E-state index contributed by atoms with van der Waals surface area (Å²) < 4.78 is 0. The van der Waals surface area contributed by atoms with E-state index in [9.17, 15) is 0 Å². The molecule has 0 unspecified atom stereocenters. The molecule has 0 bridgehead atoms. The molecular weight excluding hydrogens is 148 g/mol. The van der Waals surface area contributed by atoms with Gasteiger partial charge in [-0.1, -0.05) is 0 Å². The smallest absolute Gasteiger partial charge is 0.0552 e. The number of hydrogen-bond donors (Lipinski definition) is 0. The SMILES string of the molecule is [CH]1CCCN(c2cccnc2)C1. The maximum Gasteiger partial charge on any atom is 0.0552 e. The fourth-order valence-corrected chi connectivity index (χ4v) is 1.54. The van der Waals surface area contributed by atoms with Crippen molar-refractivity contribution in [1.82, 2.24) is 4.98 Å². The van der Waals surface area contributed by atoms with Crippen LogP contribution in [-0.4, -0.2) is 18.1 Å². The van der Waals surface area contributed by atoms with Gasteiger partial charge >= 0.3 is 0 Å². The van der Waals surface area contributed by atoms with Crippen LogP contribution in [0.25, 0.3) is 0 Å². The molecule has 0 atom stereocenters. The van der Waals surface area contributed by atoms with Gasteiger partial charge in [-0.3, -0.25) is 4.98 Å². The van der Waals surface area contributed by atoms with Crippen molar-refractivity contribution in [1.29, 1.82) is 0 Å². The number of pyridine rings is 1. The molecule has 0 saturated carbocycles. The van der Waals surface area contributed by atoms with Crippen molar-refractivity contribution >= 4 is 5.69 Å². The highest BCUT2D eigenvalue weighted by Gasteiger charge is 2.09. The molecule has 2 rings (SSSR count). The minimum atomic E-state index is 1.08. The molecule has 1 fully saturated rings. The third-order valence-corrected chi connectivity index (χ3v) is 2.20. The van der Waals surface area contributed by atoms with Gasteiger partial charge in [-0.15, -0.1) is 0 Å². The molecular formula is C10H13N2. The first-order valence-corrected chi connectivity index (χ1v) is 4.43. The predicted octanol–water partition coefficient (Wildman–Crippen LogP) is 1.89. The first-order valence-electron chi connectivity index (χ1n) is 4.43. The van der Waals surface area contributed by atoms with E-state index in [0.29, 0.717) is 0 Å². The molecule has 1 aliphatic rings. The van der Waals surface area contributed by atoms with Gasteiger partial charge in [-0.05, 0) is 31.4 Å². The zero-order valence-corrected chi connectivity index (χ0v) is 7.11. The van der Waals surface area contributed by atoms with Gasteiger partial charge in [-0.25, -0.2) is 0 Å². The van der Waals surface area contributed by atoms with Crippen molar-refractivity contribution in [3.63, 3.8) is 0 Å². The second kappa shape index (κ2) is 3.57. The second-order valence-corrected chi connectivity index (χ2v) is 3.09. The van der Waals surface area contributed by atoms with E-state index >= 15 is 0 Å². The molecule has 2 heteroatoms. The highest BCUT2D eigenvalue weighted by Crippen LogP contribution is 2.16. The molecule has 0 aliphatic carbocycles. The van der Waals surface area contributed by atoms with Crippen LogP contribution in [0, 0.1) is 6.42 Å². The van der Waals surface area contributed by atoms with Crippen LogP contribution >= 0.6 is 0 Å². The van der Waals surface area contributed by atoms with Crippen LogP contribution < -0.4 is 4.90 Å². The van der Waals surface area contributed by atoms with Crippen molar-refractivity contribution in [2.75, 3.05) is 18.0 Å². The number of rotatable bonds is 1. The second-order valence-electron chi connectivity index (χ2n) is 3.09. The summed E-state index contributed by atoms with van der Waals surface area (Å²) in [4.78, 5) is 6.46. The van der Waals surface area contributed by atoms with E-state index in [4.69, 9.17) is 0 Å². The normalized spacial score (nSPS) is 17.8. The van der Waals surface area contributed by atoms with E-state index in [1.54, 1.807) is 0 Å². The highest BCUT2D eigenvalue weighted by molar-refractivity contribution is 5.44. The Kier molecular flexibility index (Phi) is 2.26. The van der Waals surface area contributed by atoms with Gasteiger partial charge in [0.05, 0.1) is 11.9 Å². The first-order chi connectivity index (χ1) is 5.97. The quantitative estimate of drug-likeness (QED) is 0.625. The molecule has 12 heavy (non-hydrogen) atoms. The summed E-state index contributed by atoms with van der Waals surface area (Å²) in [5.74, 6) is 0. The molecule has 1 aromatic rings. The van der Waals surface area contributed by atoms with Crippen molar-refractivity contribution in [2.24, 2.45) is 0 Å².